The van der Waals surface area contributed by atoms with Crippen molar-refractivity contribution in [2.75, 3.05) is 12.8 Å². The first-order valence-electron chi connectivity index (χ1n) is 6.73. The van der Waals surface area contributed by atoms with Crippen LogP contribution >= 0.6 is 23.4 Å². The normalized spacial score (nSPS) is 12.4. The highest BCUT2D eigenvalue weighted by atomic mass is 35.5. The van der Waals surface area contributed by atoms with Crippen molar-refractivity contribution in [1.29, 1.82) is 0 Å². The van der Waals surface area contributed by atoms with Crippen LogP contribution in [0.4, 0.5) is 0 Å². The number of hydrogen-bond donors (Lipinski definition) is 1. The molecule has 0 aliphatic carbocycles. The van der Waals surface area contributed by atoms with Crippen LogP contribution in [0.1, 0.15) is 22.7 Å². The van der Waals surface area contributed by atoms with Gasteiger partial charge in [-0.05, 0) is 50.2 Å². The third kappa shape index (κ3) is 4.02. The maximum atomic E-state index is 6.02. The maximum absolute atomic E-state index is 6.02. The Morgan fingerprint density at radius 3 is 2.60 bits per heavy atom. The third-order valence-corrected chi connectivity index (χ3v) is 4.68. The molecule has 0 amide bonds. The Hall–Kier alpha value is -0.960. The van der Waals surface area contributed by atoms with E-state index in [9.17, 15) is 0 Å². The van der Waals surface area contributed by atoms with Gasteiger partial charge < -0.3 is 5.32 Å². The van der Waals surface area contributed by atoms with Crippen molar-refractivity contribution in [3.63, 3.8) is 0 Å². The number of halogens is 1. The van der Waals surface area contributed by atoms with E-state index in [1.54, 1.807) is 0 Å². The molecule has 0 spiro atoms. The van der Waals surface area contributed by atoms with Gasteiger partial charge in [-0.2, -0.15) is 0 Å². The van der Waals surface area contributed by atoms with Crippen molar-refractivity contribution in [2.24, 2.45) is 0 Å². The Bertz CT molecular complexity index is 583. The average molecular weight is 306 g/mol. The first kappa shape index (κ1) is 15.4. The Morgan fingerprint density at radius 1 is 1.15 bits per heavy atom. The molecule has 3 heteroatoms. The minimum atomic E-state index is 0.347. The van der Waals surface area contributed by atoms with Crippen LogP contribution in [0.5, 0.6) is 0 Å². The zero-order valence-corrected chi connectivity index (χ0v) is 13.7. The number of thioether (sulfide) groups is 1. The highest BCUT2D eigenvalue weighted by Gasteiger charge is 2.12. The summed E-state index contributed by atoms with van der Waals surface area (Å²) >= 11 is 7.85. The van der Waals surface area contributed by atoms with Crippen LogP contribution < -0.4 is 5.32 Å². The van der Waals surface area contributed by atoms with Gasteiger partial charge in [0.2, 0.25) is 0 Å². The molecule has 1 nitrogen and oxygen atoms in total. The molecule has 0 saturated carbocycles. The van der Waals surface area contributed by atoms with E-state index >= 15 is 0 Å². The predicted octanol–water partition coefficient (Wildman–Crippen LogP) is 5.01. The number of nitrogens with one attached hydrogen (secondary N) is 1. The minimum Gasteiger partial charge on any atom is -0.312 e. The van der Waals surface area contributed by atoms with Crippen molar-refractivity contribution in [3.05, 3.63) is 64.2 Å². The maximum Gasteiger partial charge on any atom is 0.0417 e. The van der Waals surface area contributed by atoms with Gasteiger partial charge >= 0.3 is 0 Å². The fourth-order valence-corrected chi connectivity index (χ4v) is 3.63. The van der Waals surface area contributed by atoms with Crippen molar-refractivity contribution < 1.29 is 0 Å². The van der Waals surface area contributed by atoms with E-state index in [4.69, 9.17) is 11.6 Å². The fraction of sp³-hybridized carbons (Fsp3) is 0.294. The number of aryl methyl sites for hydroxylation is 2. The van der Waals surface area contributed by atoms with E-state index in [-0.39, 0.29) is 0 Å². The summed E-state index contributed by atoms with van der Waals surface area (Å²) in [6, 6.07) is 15.0. The van der Waals surface area contributed by atoms with Crippen LogP contribution in [0.15, 0.2) is 47.4 Å². The average Bonchev–Trinajstić information content (AvgIpc) is 2.41. The van der Waals surface area contributed by atoms with Gasteiger partial charge in [-0.1, -0.05) is 41.4 Å². The van der Waals surface area contributed by atoms with Crippen LogP contribution in [-0.2, 0) is 0 Å². The molecule has 106 valence electrons. The molecular formula is C17H20ClNS. The molecule has 0 aliphatic heterocycles. The summed E-state index contributed by atoms with van der Waals surface area (Å²) in [6.45, 7) is 4.31. The van der Waals surface area contributed by atoms with Gasteiger partial charge in [0, 0.05) is 21.7 Å². The molecule has 0 aromatic heterocycles. The van der Waals surface area contributed by atoms with Crippen LogP contribution in [0.2, 0.25) is 5.02 Å². The number of benzene rings is 2. The van der Waals surface area contributed by atoms with E-state index in [2.05, 4.69) is 43.4 Å². The summed E-state index contributed by atoms with van der Waals surface area (Å²) in [5.74, 6) is 0.987. The van der Waals surface area contributed by atoms with Gasteiger partial charge in [0.25, 0.3) is 0 Å². The molecule has 0 fully saturated rings. The number of rotatable bonds is 5. The summed E-state index contributed by atoms with van der Waals surface area (Å²) in [6.07, 6.45) is 0. The molecule has 0 radical (unpaired) electrons. The second kappa shape index (κ2) is 7.16. The molecule has 0 bridgehead atoms. The quantitative estimate of drug-likeness (QED) is 0.779. The molecule has 2 aromatic rings. The van der Waals surface area contributed by atoms with E-state index in [0.717, 1.165) is 10.8 Å². The molecule has 2 rings (SSSR count). The summed E-state index contributed by atoms with van der Waals surface area (Å²) < 4.78 is 0. The van der Waals surface area contributed by atoms with Gasteiger partial charge in [0.15, 0.2) is 0 Å². The monoisotopic (exact) mass is 305 g/mol. The standard InChI is InChI=1S/C17H20ClNS/c1-12-7-8-16(13(2)9-12)17(19-3)11-20-15-6-4-5-14(18)10-15/h4-10,17,19H,11H2,1-3H3. The van der Waals surface area contributed by atoms with Crippen molar-refractivity contribution in [3.8, 4) is 0 Å². The molecular weight excluding hydrogens is 286 g/mol. The second-order valence-corrected chi connectivity index (χ2v) is 6.50. The first-order chi connectivity index (χ1) is 9.60. The lowest BCUT2D eigenvalue weighted by atomic mass is 10.0. The Morgan fingerprint density at radius 2 is 1.95 bits per heavy atom. The highest BCUT2D eigenvalue weighted by Crippen LogP contribution is 2.28. The van der Waals surface area contributed by atoms with Gasteiger partial charge in [-0.15, -0.1) is 11.8 Å². The molecule has 0 saturated heterocycles. The van der Waals surface area contributed by atoms with Gasteiger partial charge in [0.05, 0.1) is 0 Å². The molecule has 20 heavy (non-hydrogen) atoms. The van der Waals surface area contributed by atoms with Gasteiger partial charge in [-0.3, -0.25) is 0 Å². The van der Waals surface area contributed by atoms with Gasteiger partial charge in [0.1, 0.15) is 0 Å². The van der Waals surface area contributed by atoms with E-state index < -0.39 is 0 Å². The predicted molar refractivity (Wildman–Crippen MR) is 89.9 cm³/mol. The minimum absolute atomic E-state index is 0.347. The fourth-order valence-electron chi connectivity index (χ4n) is 2.28. The zero-order valence-electron chi connectivity index (χ0n) is 12.1. The highest BCUT2D eigenvalue weighted by molar-refractivity contribution is 7.99. The smallest absolute Gasteiger partial charge is 0.0417 e. The van der Waals surface area contributed by atoms with Crippen LogP contribution in [0.25, 0.3) is 0 Å². The lowest BCUT2D eigenvalue weighted by molar-refractivity contribution is 0.657. The van der Waals surface area contributed by atoms with Crippen molar-refractivity contribution in [1.82, 2.24) is 5.32 Å². The van der Waals surface area contributed by atoms with Crippen molar-refractivity contribution >= 4 is 23.4 Å². The summed E-state index contributed by atoms with van der Waals surface area (Å²) in [5.41, 5.74) is 4.02. The number of hydrogen-bond acceptors (Lipinski definition) is 2. The SMILES string of the molecule is CNC(CSc1cccc(Cl)c1)c1ccc(C)cc1C. The van der Waals surface area contributed by atoms with Crippen LogP contribution in [-0.4, -0.2) is 12.8 Å². The second-order valence-electron chi connectivity index (χ2n) is 4.97. The molecule has 1 atom stereocenters. The lowest BCUT2D eigenvalue weighted by Crippen LogP contribution is -2.19. The lowest BCUT2D eigenvalue weighted by Gasteiger charge is -2.19. The van der Waals surface area contributed by atoms with E-state index in [1.165, 1.54) is 21.6 Å². The topological polar surface area (TPSA) is 12.0 Å². The summed E-state index contributed by atoms with van der Waals surface area (Å²) in [4.78, 5) is 1.21. The summed E-state index contributed by atoms with van der Waals surface area (Å²) in [5, 5.41) is 4.20. The Balaban J connectivity index is 2.09. The van der Waals surface area contributed by atoms with Crippen molar-refractivity contribution in [2.45, 2.75) is 24.8 Å². The molecule has 0 aliphatic rings. The molecule has 2 aromatic carbocycles. The molecule has 0 heterocycles. The summed E-state index contributed by atoms with van der Waals surface area (Å²) in [7, 11) is 2.02. The van der Waals surface area contributed by atoms with Gasteiger partial charge in [-0.25, -0.2) is 0 Å². The third-order valence-electron chi connectivity index (χ3n) is 3.36. The van der Waals surface area contributed by atoms with Crippen LogP contribution in [0, 0.1) is 13.8 Å². The molecule has 1 unspecified atom stereocenters. The molecule has 1 N–H and O–H groups in total. The van der Waals surface area contributed by atoms with E-state index in [0.29, 0.717) is 6.04 Å². The Labute approximate surface area is 130 Å². The first-order valence-corrected chi connectivity index (χ1v) is 8.09. The largest absolute Gasteiger partial charge is 0.312 e. The van der Waals surface area contributed by atoms with E-state index in [1.807, 2.05) is 37.0 Å². The van der Waals surface area contributed by atoms with Crippen LogP contribution in [0.3, 0.4) is 0 Å². The Kier molecular flexibility index (Phi) is 5.53. The zero-order chi connectivity index (χ0) is 14.5.